The van der Waals surface area contributed by atoms with Gasteiger partial charge in [0.15, 0.2) is 0 Å². The Balaban J connectivity index is 1.59. The van der Waals surface area contributed by atoms with Crippen LogP contribution in [0.1, 0.15) is 80.4 Å². The summed E-state index contributed by atoms with van der Waals surface area (Å²) in [7, 11) is 0. The van der Waals surface area contributed by atoms with E-state index in [1.54, 1.807) is 0 Å². The first-order valence-electron chi connectivity index (χ1n) is 10.4. The molecule has 0 amide bonds. The molecule has 0 aliphatic heterocycles. The Kier molecular flexibility index (Phi) is 4.75. The van der Waals surface area contributed by atoms with Crippen molar-refractivity contribution in [2.45, 2.75) is 77.6 Å². The summed E-state index contributed by atoms with van der Waals surface area (Å²) in [6, 6.07) is 8.55. The van der Waals surface area contributed by atoms with Crippen LogP contribution in [0.4, 0.5) is 0 Å². The van der Waals surface area contributed by atoms with Crippen LogP contribution >= 0.6 is 0 Å². The summed E-state index contributed by atoms with van der Waals surface area (Å²) in [6.45, 7) is 4.29. The molecule has 0 saturated heterocycles. The summed E-state index contributed by atoms with van der Waals surface area (Å²) in [6.07, 6.45) is 12.5. The number of benzene rings is 2. The highest BCUT2D eigenvalue weighted by molar-refractivity contribution is 5.92. The quantitative estimate of drug-likeness (QED) is 0.625. The molecule has 25 heavy (non-hydrogen) atoms. The molecule has 2 aliphatic rings. The van der Waals surface area contributed by atoms with Crippen molar-refractivity contribution >= 4 is 10.8 Å². The average molecular weight is 337 g/mol. The van der Waals surface area contributed by atoms with Gasteiger partial charge in [-0.15, -0.1) is 0 Å². The molecular weight excluding hydrogens is 304 g/mol. The summed E-state index contributed by atoms with van der Waals surface area (Å²) in [5.41, 5.74) is 3.61. The predicted octanol–water partition coefficient (Wildman–Crippen LogP) is 7.02. The zero-order valence-electron chi connectivity index (χ0n) is 15.9. The van der Waals surface area contributed by atoms with Crippen molar-refractivity contribution in [2.75, 3.05) is 0 Å². The fourth-order valence-corrected chi connectivity index (χ4v) is 5.77. The summed E-state index contributed by atoms with van der Waals surface area (Å²) >= 11 is 0. The van der Waals surface area contributed by atoms with E-state index in [0.29, 0.717) is 11.7 Å². The van der Waals surface area contributed by atoms with E-state index in [0.717, 1.165) is 17.4 Å². The Morgan fingerprint density at radius 3 is 1.92 bits per heavy atom. The molecule has 134 valence electrons. The van der Waals surface area contributed by atoms with Crippen LogP contribution in [0.5, 0.6) is 5.75 Å². The van der Waals surface area contributed by atoms with Crippen molar-refractivity contribution in [2.24, 2.45) is 11.8 Å². The first kappa shape index (κ1) is 16.9. The van der Waals surface area contributed by atoms with E-state index < -0.39 is 0 Å². The van der Waals surface area contributed by atoms with Crippen molar-refractivity contribution in [1.29, 1.82) is 0 Å². The van der Waals surface area contributed by atoms with E-state index in [1.807, 2.05) is 0 Å². The fraction of sp³-hybridized carbons (Fsp3) is 0.583. The molecule has 0 bridgehead atoms. The van der Waals surface area contributed by atoms with Crippen LogP contribution in [0.25, 0.3) is 10.8 Å². The first-order chi connectivity index (χ1) is 12.2. The standard InChI is InChI=1S/C24H32O/c1-16-21-10-6-7-11-22(21)17(2)24(25)23(16)20-14-12-19(13-15-20)18-8-4-3-5-9-18/h6-7,10-11,18-20,25H,3-5,8-9,12-15H2,1-2H3/t19-,20-. The van der Waals surface area contributed by atoms with E-state index in [2.05, 4.69) is 38.1 Å². The number of phenolic OH excluding ortho intramolecular Hbond substituents is 1. The van der Waals surface area contributed by atoms with E-state index in [1.165, 1.54) is 79.7 Å². The number of hydrogen-bond donors (Lipinski definition) is 1. The summed E-state index contributed by atoms with van der Waals surface area (Å²) in [5, 5.41) is 13.5. The number of phenols is 1. The monoisotopic (exact) mass is 336 g/mol. The largest absolute Gasteiger partial charge is 0.507 e. The fourth-order valence-electron chi connectivity index (χ4n) is 5.77. The number of fused-ring (bicyclic) bond motifs is 1. The second-order valence-electron chi connectivity index (χ2n) is 8.57. The molecule has 1 nitrogen and oxygen atoms in total. The van der Waals surface area contributed by atoms with Crippen LogP contribution in [0.15, 0.2) is 24.3 Å². The van der Waals surface area contributed by atoms with Gasteiger partial charge in [-0.05, 0) is 79.2 Å². The third-order valence-corrected chi connectivity index (χ3v) is 7.25. The van der Waals surface area contributed by atoms with Gasteiger partial charge in [0.1, 0.15) is 5.75 Å². The number of hydrogen-bond acceptors (Lipinski definition) is 1. The average Bonchev–Trinajstić information content (AvgIpc) is 2.68. The molecule has 0 unspecified atom stereocenters. The van der Waals surface area contributed by atoms with Crippen molar-refractivity contribution in [3.8, 4) is 5.75 Å². The van der Waals surface area contributed by atoms with Crippen molar-refractivity contribution in [3.05, 3.63) is 41.0 Å². The van der Waals surface area contributed by atoms with Gasteiger partial charge in [-0.25, -0.2) is 0 Å². The second kappa shape index (κ2) is 7.02. The van der Waals surface area contributed by atoms with Gasteiger partial charge in [0.25, 0.3) is 0 Å². The zero-order chi connectivity index (χ0) is 17.4. The molecule has 2 fully saturated rings. The smallest absolute Gasteiger partial charge is 0.122 e. The Labute approximate surface area is 152 Å². The molecule has 2 aromatic carbocycles. The van der Waals surface area contributed by atoms with Gasteiger partial charge in [-0.3, -0.25) is 0 Å². The van der Waals surface area contributed by atoms with E-state index >= 15 is 0 Å². The highest BCUT2D eigenvalue weighted by Crippen LogP contribution is 2.47. The van der Waals surface area contributed by atoms with Crippen LogP contribution in [0.2, 0.25) is 0 Å². The highest BCUT2D eigenvalue weighted by atomic mass is 16.3. The number of rotatable bonds is 2. The predicted molar refractivity (Wildman–Crippen MR) is 106 cm³/mol. The Hall–Kier alpha value is -1.50. The van der Waals surface area contributed by atoms with Gasteiger partial charge >= 0.3 is 0 Å². The lowest BCUT2D eigenvalue weighted by molar-refractivity contribution is 0.185. The third kappa shape index (κ3) is 3.07. The molecule has 1 heteroatoms. The van der Waals surface area contributed by atoms with E-state index in [9.17, 15) is 5.11 Å². The van der Waals surface area contributed by atoms with E-state index in [4.69, 9.17) is 0 Å². The maximum absolute atomic E-state index is 10.9. The summed E-state index contributed by atoms with van der Waals surface area (Å²) in [4.78, 5) is 0. The van der Waals surface area contributed by atoms with E-state index in [-0.39, 0.29) is 0 Å². The number of aromatic hydroxyl groups is 1. The van der Waals surface area contributed by atoms with Crippen LogP contribution in [0.3, 0.4) is 0 Å². The van der Waals surface area contributed by atoms with Gasteiger partial charge in [-0.1, -0.05) is 56.4 Å². The number of aryl methyl sites for hydroxylation is 2. The molecule has 0 atom stereocenters. The van der Waals surface area contributed by atoms with Crippen molar-refractivity contribution < 1.29 is 5.11 Å². The lowest BCUT2D eigenvalue weighted by Gasteiger charge is -2.36. The van der Waals surface area contributed by atoms with Crippen LogP contribution in [-0.2, 0) is 0 Å². The molecule has 2 saturated carbocycles. The molecular formula is C24H32O. The molecule has 0 aromatic heterocycles. The zero-order valence-corrected chi connectivity index (χ0v) is 15.9. The topological polar surface area (TPSA) is 20.2 Å². The minimum atomic E-state index is 0.545. The van der Waals surface area contributed by atoms with Crippen LogP contribution in [0, 0.1) is 25.7 Å². The van der Waals surface area contributed by atoms with Crippen LogP contribution < -0.4 is 0 Å². The lowest BCUT2D eigenvalue weighted by atomic mass is 9.69. The highest BCUT2D eigenvalue weighted by Gasteiger charge is 2.31. The van der Waals surface area contributed by atoms with Crippen LogP contribution in [-0.4, -0.2) is 5.11 Å². The third-order valence-electron chi connectivity index (χ3n) is 7.25. The second-order valence-corrected chi connectivity index (χ2v) is 8.57. The van der Waals surface area contributed by atoms with Crippen molar-refractivity contribution in [1.82, 2.24) is 0 Å². The molecule has 2 aliphatic carbocycles. The van der Waals surface area contributed by atoms with Gasteiger partial charge in [-0.2, -0.15) is 0 Å². The minimum absolute atomic E-state index is 0.545. The summed E-state index contributed by atoms with van der Waals surface area (Å²) < 4.78 is 0. The summed E-state index contributed by atoms with van der Waals surface area (Å²) in [5.74, 6) is 3.05. The molecule has 0 spiro atoms. The van der Waals surface area contributed by atoms with Gasteiger partial charge in [0, 0.05) is 5.56 Å². The molecule has 4 rings (SSSR count). The van der Waals surface area contributed by atoms with Crippen molar-refractivity contribution in [3.63, 3.8) is 0 Å². The van der Waals surface area contributed by atoms with Gasteiger partial charge < -0.3 is 5.11 Å². The maximum atomic E-state index is 10.9. The first-order valence-corrected chi connectivity index (χ1v) is 10.4. The molecule has 0 radical (unpaired) electrons. The SMILES string of the molecule is Cc1c(O)c([C@H]2CC[C@H](C3CCCCC3)CC2)c(C)c2ccccc12. The molecule has 0 heterocycles. The molecule has 2 aromatic rings. The Bertz CT molecular complexity index is 746. The Morgan fingerprint density at radius 2 is 1.28 bits per heavy atom. The maximum Gasteiger partial charge on any atom is 0.122 e. The van der Waals surface area contributed by atoms with Gasteiger partial charge in [0.2, 0.25) is 0 Å². The lowest BCUT2D eigenvalue weighted by Crippen LogP contribution is -2.23. The molecule has 1 N–H and O–H groups in total. The Morgan fingerprint density at radius 1 is 0.720 bits per heavy atom. The minimum Gasteiger partial charge on any atom is -0.507 e. The normalized spacial score (nSPS) is 25.4. The van der Waals surface area contributed by atoms with Gasteiger partial charge in [0.05, 0.1) is 0 Å².